The van der Waals surface area contributed by atoms with E-state index in [-0.39, 0.29) is 0 Å². The van der Waals surface area contributed by atoms with Crippen molar-refractivity contribution in [2.75, 3.05) is 13.6 Å². The highest BCUT2D eigenvalue weighted by Gasteiger charge is 2.16. The molecule has 1 rings (SSSR count). The molecule has 0 saturated carbocycles. The second kappa shape index (κ2) is 6.43. The van der Waals surface area contributed by atoms with Gasteiger partial charge in [-0.05, 0) is 36.5 Å². The molecule has 0 aromatic carbocycles. The number of rotatable bonds is 4. The number of nitrogens with zero attached hydrogens (tertiary/aromatic N) is 1. The summed E-state index contributed by atoms with van der Waals surface area (Å²) in [5.41, 5.74) is 6.19. The van der Waals surface area contributed by atoms with E-state index in [1.54, 1.807) is 0 Å². The highest BCUT2D eigenvalue weighted by atomic mass is 14.9. The summed E-state index contributed by atoms with van der Waals surface area (Å²) in [5, 5.41) is 3.51. The number of allylic oxidation sites excluding steroid dienone is 3. The quantitative estimate of drug-likeness (QED) is 0.786. The predicted molar refractivity (Wildman–Crippen MR) is 76.5 cm³/mol. The summed E-state index contributed by atoms with van der Waals surface area (Å²) in [7, 11) is 1.86. The number of hydrogen-bond acceptors (Lipinski definition) is 2. The van der Waals surface area contributed by atoms with Gasteiger partial charge < -0.3 is 5.32 Å². The normalized spacial score (nSPS) is 20.9. The molecule has 0 saturated heterocycles. The highest BCUT2D eigenvalue weighted by Crippen LogP contribution is 2.22. The zero-order valence-corrected chi connectivity index (χ0v) is 11.6. The van der Waals surface area contributed by atoms with Crippen LogP contribution in [0, 0.1) is 0 Å². The first-order valence-corrected chi connectivity index (χ1v) is 6.49. The van der Waals surface area contributed by atoms with Crippen LogP contribution in [0.25, 0.3) is 0 Å². The Morgan fingerprint density at radius 3 is 2.53 bits per heavy atom. The van der Waals surface area contributed by atoms with Crippen molar-refractivity contribution in [3.63, 3.8) is 0 Å². The van der Waals surface area contributed by atoms with Gasteiger partial charge in [0.1, 0.15) is 0 Å². The Balaban J connectivity index is 3.17. The van der Waals surface area contributed by atoms with Crippen LogP contribution < -0.4 is 5.32 Å². The lowest BCUT2D eigenvalue weighted by Gasteiger charge is -2.23. The fourth-order valence-corrected chi connectivity index (χ4v) is 2.09. The minimum Gasteiger partial charge on any atom is -0.379 e. The molecule has 94 valence electrons. The molecule has 0 spiro atoms. The summed E-state index contributed by atoms with van der Waals surface area (Å²) in [5.74, 6) is 0. The molecule has 1 aliphatic rings. The zero-order valence-electron chi connectivity index (χ0n) is 11.6. The zero-order chi connectivity index (χ0) is 12.8. The Bertz CT molecular complexity index is 384. The standard InChI is InChI=1S/C15H24N2/c1-6-11(4)13(8-3)15-14(16-5)9-12(7-2)10-17-15/h9,17H,4,6-8,10H2,1-3,5H3/b15-13+,16-14?. The molecule has 1 aliphatic heterocycles. The van der Waals surface area contributed by atoms with E-state index in [9.17, 15) is 0 Å². The Hall–Kier alpha value is -1.31. The van der Waals surface area contributed by atoms with Gasteiger partial charge >= 0.3 is 0 Å². The van der Waals surface area contributed by atoms with Crippen molar-refractivity contribution in [1.82, 2.24) is 5.32 Å². The number of aliphatic imine (C=N–C) groups is 1. The van der Waals surface area contributed by atoms with E-state index in [1.165, 1.54) is 22.4 Å². The topological polar surface area (TPSA) is 24.4 Å². The van der Waals surface area contributed by atoms with Gasteiger partial charge in [-0.25, -0.2) is 0 Å². The highest BCUT2D eigenvalue weighted by molar-refractivity contribution is 6.10. The first-order valence-electron chi connectivity index (χ1n) is 6.49. The maximum atomic E-state index is 4.39. The maximum Gasteiger partial charge on any atom is 0.0805 e. The Kier molecular flexibility index (Phi) is 5.20. The van der Waals surface area contributed by atoms with Crippen LogP contribution >= 0.6 is 0 Å². The van der Waals surface area contributed by atoms with Crippen LogP contribution in [0.4, 0.5) is 0 Å². The van der Waals surface area contributed by atoms with Crippen LogP contribution in [0.2, 0.25) is 0 Å². The smallest absolute Gasteiger partial charge is 0.0805 e. The van der Waals surface area contributed by atoms with Crippen molar-refractivity contribution >= 4 is 5.71 Å². The van der Waals surface area contributed by atoms with Gasteiger partial charge in [0.2, 0.25) is 0 Å². The second-order valence-electron chi connectivity index (χ2n) is 4.28. The second-order valence-corrected chi connectivity index (χ2v) is 4.28. The summed E-state index contributed by atoms with van der Waals surface area (Å²) in [6, 6.07) is 0. The van der Waals surface area contributed by atoms with Gasteiger partial charge in [-0.15, -0.1) is 0 Å². The van der Waals surface area contributed by atoms with E-state index in [0.717, 1.165) is 31.5 Å². The summed E-state index contributed by atoms with van der Waals surface area (Å²) in [4.78, 5) is 4.39. The van der Waals surface area contributed by atoms with Gasteiger partial charge in [0.25, 0.3) is 0 Å². The van der Waals surface area contributed by atoms with Crippen molar-refractivity contribution < 1.29 is 0 Å². The van der Waals surface area contributed by atoms with Gasteiger partial charge in [-0.1, -0.05) is 32.9 Å². The van der Waals surface area contributed by atoms with Gasteiger partial charge in [0, 0.05) is 13.6 Å². The van der Waals surface area contributed by atoms with E-state index < -0.39 is 0 Å². The lowest BCUT2D eigenvalue weighted by atomic mass is 9.95. The van der Waals surface area contributed by atoms with Crippen molar-refractivity contribution in [1.29, 1.82) is 0 Å². The molecule has 0 fully saturated rings. The van der Waals surface area contributed by atoms with Crippen LogP contribution in [0.1, 0.15) is 40.0 Å². The third kappa shape index (κ3) is 3.09. The van der Waals surface area contributed by atoms with E-state index in [2.05, 4.69) is 43.7 Å². The SMILES string of the molecule is C=C(CC)/C(CC)=C1/NCC(CC)=CC1=NC. The van der Waals surface area contributed by atoms with Crippen molar-refractivity contribution in [2.24, 2.45) is 4.99 Å². The first kappa shape index (κ1) is 13.8. The van der Waals surface area contributed by atoms with E-state index >= 15 is 0 Å². The van der Waals surface area contributed by atoms with Gasteiger partial charge in [-0.3, -0.25) is 4.99 Å². The molecular weight excluding hydrogens is 208 g/mol. The molecule has 0 amide bonds. The average Bonchev–Trinajstić information content (AvgIpc) is 2.39. The molecule has 2 heteroatoms. The lowest BCUT2D eigenvalue weighted by molar-refractivity contribution is 0.831. The monoisotopic (exact) mass is 232 g/mol. The Morgan fingerprint density at radius 2 is 2.06 bits per heavy atom. The minimum atomic E-state index is 0.936. The molecule has 0 bridgehead atoms. The maximum absolute atomic E-state index is 4.39. The Labute approximate surface area is 105 Å². The fraction of sp³-hybridized carbons (Fsp3) is 0.533. The van der Waals surface area contributed by atoms with Crippen molar-refractivity contribution in [2.45, 2.75) is 40.0 Å². The van der Waals surface area contributed by atoms with Gasteiger partial charge in [-0.2, -0.15) is 0 Å². The molecule has 0 aliphatic carbocycles. The molecular formula is C15H24N2. The summed E-state index contributed by atoms with van der Waals surface area (Å²) < 4.78 is 0. The predicted octanol–water partition coefficient (Wildman–Crippen LogP) is 3.63. The van der Waals surface area contributed by atoms with Crippen molar-refractivity contribution in [3.05, 3.63) is 35.1 Å². The van der Waals surface area contributed by atoms with Crippen LogP contribution in [-0.4, -0.2) is 19.3 Å². The van der Waals surface area contributed by atoms with E-state index in [0.29, 0.717) is 0 Å². The van der Waals surface area contributed by atoms with Crippen LogP contribution in [0.15, 0.2) is 40.1 Å². The summed E-state index contributed by atoms with van der Waals surface area (Å²) >= 11 is 0. The fourth-order valence-electron chi connectivity index (χ4n) is 2.09. The van der Waals surface area contributed by atoms with Gasteiger partial charge in [0.05, 0.1) is 11.4 Å². The van der Waals surface area contributed by atoms with Crippen LogP contribution in [0.5, 0.6) is 0 Å². The molecule has 0 aromatic heterocycles. The molecule has 0 radical (unpaired) electrons. The third-order valence-corrected chi connectivity index (χ3v) is 3.29. The molecule has 1 heterocycles. The minimum absolute atomic E-state index is 0.936. The summed E-state index contributed by atoms with van der Waals surface area (Å²) in [6.07, 6.45) is 5.29. The Morgan fingerprint density at radius 1 is 1.35 bits per heavy atom. The largest absolute Gasteiger partial charge is 0.379 e. The molecule has 17 heavy (non-hydrogen) atoms. The van der Waals surface area contributed by atoms with Crippen LogP contribution in [-0.2, 0) is 0 Å². The molecule has 2 nitrogen and oxygen atoms in total. The molecule has 0 unspecified atom stereocenters. The molecule has 0 aromatic rings. The van der Waals surface area contributed by atoms with Crippen LogP contribution in [0.3, 0.4) is 0 Å². The van der Waals surface area contributed by atoms with Crippen molar-refractivity contribution in [3.8, 4) is 0 Å². The average molecular weight is 232 g/mol. The van der Waals surface area contributed by atoms with E-state index in [1.807, 2.05) is 7.05 Å². The van der Waals surface area contributed by atoms with E-state index in [4.69, 9.17) is 0 Å². The summed E-state index contributed by atoms with van der Waals surface area (Å²) in [6.45, 7) is 11.6. The van der Waals surface area contributed by atoms with Gasteiger partial charge in [0.15, 0.2) is 0 Å². The lowest BCUT2D eigenvalue weighted by Crippen LogP contribution is -2.29. The molecule has 0 atom stereocenters. The third-order valence-electron chi connectivity index (χ3n) is 3.29. The number of nitrogens with one attached hydrogen (secondary N) is 1. The first-order chi connectivity index (χ1) is 8.17. The number of hydrogen-bond donors (Lipinski definition) is 1. The molecule has 1 N–H and O–H groups in total.